The molecule has 0 aromatic rings. The van der Waals surface area contributed by atoms with Gasteiger partial charge in [-0.1, -0.05) is 13.8 Å². The number of hydrogen-bond acceptors (Lipinski definition) is 2. The standard InChI is InChI=1S/C9H19NO.Pm/c1-5-9(11,6-2)8(4)10-7-3;/h11H,5-7H2,1-4H3;. The van der Waals surface area contributed by atoms with E-state index in [0.717, 1.165) is 25.1 Å². The van der Waals surface area contributed by atoms with Crippen LogP contribution in [-0.2, 0) is 0 Å². The van der Waals surface area contributed by atoms with E-state index in [2.05, 4.69) is 4.99 Å². The van der Waals surface area contributed by atoms with Gasteiger partial charge >= 0.3 is 0 Å². The van der Waals surface area contributed by atoms with E-state index in [0.29, 0.717) is 0 Å². The molecule has 0 saturated carbocycles. The molecule has 0 rings (SSSR count). The molecule has 0 aliphatic rings. The van der Waals surface area contributed by atoms with Gasteiger partial charge in [-0.3, -0.25) is 4.99 Å². The summed E-state index contributed by atoms with van der Waals surface area (Å²) in [7, 11) is 0. The first kappa shape index (κ1) is 15.4. The second-order valence-electron chi connectivity index (χ2n) is 2.80. The van der Waals surface area contributed by atoms with Crippen LogP contribution in [0.5, 0.6) is 0 Å². The fourth-order valence-electron chi connectivity index (χ4n) is 1.15. The van der Waals surface area contributed by atoms with Crippen LogP contribution in [0, 0.1) is 40.4 Å². The Morgan fingerprint density at radius 2 is 1.67 bits per heavy atom. The van der Waals surface area contributed by atoms with Gasteiger partial charge in [0.15, 0.2) is 0 Å². The Hall–Kier alpha value is 0.968. The topological polar surface area (TPSA) is 32.6 Å². The van der Waals surface area contributed by atoms with Crippen molar-refractivity contribution in [3.8, 4) is 0 Å². The molecule has 0 spiro atoms. The summed E-state index contributed by atoms with van der Waals surface area (Å²) >= 11 is 0. The molecule has 3 heteroatoms. The molecule has 0 saturated heterocycles. The molecule has 0 amide bonds. The molecule has 2 nitrogen and oxygen atoms in total. The smallest absolute Gasteiger partial charge is 0.101 e. The average Bonchev–Trinajstić information content (AvgIpc) is 2.03. The molecule has 0 aromatic heterocycles. The van der Waals surface area contributed by atoms with Gasteiger partial charge in [0, 0.05) is 52.6 Å². The zero-order valence-electron chi connectivity index (χ0n) is 8.46. The van der Waals surface area contributed by atoms with Crippen LogP contribution in [-0.4, -0.2) is 23.0 Å². The Morgan fingerprint density at radius 3 is 1.92 bits per heavy atom. The van der Waals surface area contributed by atoms with E-state index in [1.54, 1.807) is 0 Å². The van der Waals surface area contributed by atoms with E-state index in [9.17, 15) is 5.11 Å². The van der Waals surface area contributed by atoms with Crippen LogP contribution in [0.3, 0.4) is 0 Å². The summed E-state index contributed by atoms with van der Waals surface area (Å²) in [5.74, 6) is 0. The normalized spacial score (nSPS) is 12.6. The summed E-state index contributed by atoms with van der Waals surface area (Å²) in [5, 5.41) is 9.90. The van der Waals surface area contributed by atoms with Crippen molar-refractivity contribution in [2.45, 2.75) is 46.1 Å². The first-order valence-corrected chi connectivity index (χ1v) is 4.34. The van der Waals surface area contributed by atoms with Gasteiger partial charge in [0.05, 0.1) is 0 Å². The van der Waals surface area contributed by atoms with Crippen LogP contribution in [0.15, 0.2) is 4.99 Å². The summed E-state index contributed by atoms with van der Waals surface area (Å²) in [5.41, 5.74) is 0.209. The number of nitrogens with zero attached hydrogens (tertiary/aromatic N) is 1. The number of aliphatic hydroxyl groups is 1. The largest absolute Gasteiger partial charge is 0.384 e. The fourth-order valence-corrected chi connectivity index (χ4v) is 1.15. The monoisotopic (exact) mass is 302 g/mol. The van der Waals surface area contributed by atoms with Crippen LogP contribution in [0.2, 0.25) is 0 Å². The predicted molar refractivity (Wildman–Crippen MR) is 49.2 cm³/mol. The maximum atomic E-state index is 9.90. The second kappa shape index (κ2) is 7.38. The van der Waals surface area contributed by atoms with Crippen molar-refractivity contribution < 1.29 is 45.5 Å². The molecule has 0 aliphatic heterocycles. The van der Waals surface area contributed by atoms with Gasteiger partial charge in [-0.25, -0.2) is 0 Å². The van der Waals surface area contributed by atoms with E-state index in [1.807, 2.05) is 27.7 Å². The maximum Gasteiger partial charge on any atom is 0.101 e. The first-order valence-electron chi connectivity index (χ1n) is 4.34. The molecule has 0 heterocycles. The maximum absolute atomic E-state index is 9.90. The van der Waals surface area contributed by atoms with Crippen molar-refractivity contribution in [1.82, 2.24) is 0 Å². The third-order valence-corrected chi connectivity index (χ3v) is 2.24. The van der Waals surface area contributed by atoms with Gasteiger partial charge in [0.25, 0.3) is 0 Å². The molecule has 0 aromatic carbocycles. The molecule has 0 unspecified atom stereocenters. The summed E-state index contributed by atoms with van der Waals surface area (Å²) in [6.07, 6.45) is 1.50. The molecule has 0 aliphatic carbocycles. The molecular formula is C9H19NOPm. The summed E-state index contributed by atoms with van der Waals surface area (Å²) < 4.78 is 0. The molecule has 1 N–H and O–H groups in total. The summed E-state index contributed by atoms with van der Waals surface area (Å²) in [6, 6.07) is 0. The van der Waals surface area contributed by atoms with Gasteiger partial charge < -0.3 is 5.11 Å². The minimum absolute atomic E-state index is 0. The van der Waals surface area contributed by atoms with Gasteiger partial charge in [0.2, 0.25) is 0 Å². The zero-order chi connectivity index (χ0) is 8.91. The van der Waals surface area contributed by atoms with Crippen LogP contribution in [0.25, 0.3) is 0 Å². The Balaban J connectivity index is 0. The second-order valence-corrected chi connectivity index (χ2v) is 2.80. The Labute approximate surface area is 108 Å². The van der Waals surface area contributed by atoms with Crippen molar-refractivity contribution in [2.75, 3.05) is 6.54 Å². The van der Waals surface area contributed by atoms with Crippen molar-refractivity contribution in [3.63, 3.8) is 0 Å². The summed E-state index contributed by atoms with van der Waals surface area (Å²) in [4.78, 5) is 4.20. The van der Waals surface area contributed by atoms with Gasteiger partial charge in [0.1, 0.15) is 5.60 Å². The quantitative estimate of drug-likeness (QED) is 0.792. The summed E-state index contributed by atoms with van der Waals surface area (Å²) in [6.45, 7) is 8.61. The third kappa shape index (κ3) is 4.27. The van der Waals surface area contributed by atoms with E-state index in [1.165, 1.54) is 0 Å². The molecule has 0 bridgehead atoms. The molecule has 1 radical (unpaired) electrons. The Kier molecular flexibility index (Phi) is 9.49. The van der Waals surface area contributed by atoms with Gasteiger partial charge in [-0.05, 0) is 26.7 Å². The van der Waals surface area contributed by atoms with Crippen molar-refractivity contribution in [3.05, 3.63) is 0 Å². The minimum atomic E-state index is -0.657. The van der Waals surface area contributed by atoms with Crippen LogP contribution in [0.4, 0.5) is 0 Å². The van der Waals surface area contributed by atoms with E-state index in [4.69, 9.17) is 0 Å². The number of rotatable bonds is 4. The zero-order valence-corrected chi connectivity index (χ0v) is 11.3. The Morgan fingerprint density at radius 1 is 1.25 bits per heavy atom. The van der Waals surface area contributed by atoms with Crippen LogP contribution < -0.4 is 0 Å². The van der Waals surface area contributed by atoms with Crippen LogP contribution in [0.1, 0.15) is 40.5 Å². The first-order chi connectivity index (χ1) is 5.10. The van der Waals surface area contributed by atoms with Gasteiger partial charge in [-0.2, -0.15) is 0 Å². The molecular weight excluding hydrogens is 283 g/mol. The van der Waals surface area contributed by atoms with Gasteiger partial charge in [-0.15, -0.1) is 0 Å². The number of hydrogen-bond donors (Lipinski definition) is 1. The molecule has 0 atom stereocenters. The number of aliphatic imine (C=N–C) groups is 1. The van der Waals surface area contributed by atoms with Crippen molar-refractivity contribution in [1.29, 1.82) is 0 Å². The molecule has 71 valence electrons. The SMILES string of the molecule is CCN=C(C)C(O)(CC)CC.[Pm]. The predicted octanol–water partition coefficient (Wildman–Crippen LogP) is 2.02. The van der Waals surface area contributed by atoms with E-state index in [-0.39, 0.29) is 40.4 Å². The molecule has 12 heavy (non-hydrogen) atoms. The van der Waals surface area contributed by atoms with Crippen LogP contribution >= 0.6 is 0 Å². The van der Waals surface area contributed by atoms with E-state index >= 15 is 0 Å². The third-order valence-electron chi connectivity index (χ3n) is 2.24. The Bertz CT molecular complexity index is 141. The van der Waals surface area contributed by atoms with Crippen molar-refractivity contribution in [2.24, 2.45) is 4.99 Å². The van der Waals surface area contributed by atoms with Crippen molar-refractivity contribution >= 4 is 5.71 Å². The fraction of sp³-hybridized carbons (Fsp3) is 0.889. The minimum Gasteiger partial charge on any atom is -0.384 e. The average molecular weight is 302 g/mol. The molecule has 0 fully saturated rings. The van der Waals surface area contributed by atoms with E-state index < -0.39 is 5.60 Å².